The first-order valence-corrected chi connectivity index (χ1v) is 7.42. The van der Waals surface area contributed by atoms with E-state index in [1.54, 1.807) is 7.11 Å². The molecule has 0 aromatic heterocycles. The Hall–Kier alpha value is -2.33. The van der Waals surface area contributed by atoms with Gasteiger partial charge in [-0.1, -0.05) is 42.5 Å². The number of benzene rings is 2. The van der Waals surface area contributed by atoms with Crippen LogP contribution in [0.15, 0.2) is 54.6 Å². The Labute approximate surface area is 131 Å². The molecule has 1 atom stereocenters. The predicted molar refractivity (Wildman–Crippen MR) is 87.7 cm³/mol. The summed E-state index contributed by atoms with van der Waals surface area (Å²) in [7, 11) is 1.65. The van der Waals surface area contributed by atoms with Crippen molar-refractivity contribution in [3.63, 3.8) is 0 Å². The number of carbonyl (C=O) groups is 1. The van der Waals surface area contributed by atoms with Crippen molar-refractivity contribution in [1.29, 1.82) is 0 Å². The predicted octanol–water partition coefficient (Wildman–Crippen LogP) is 2.44. The molecule has 0 radical (unpaired) electrons. The van der Waals surface area contributed by atoms with Gasteiger partial charge in [-0.05, 0) is 36.1 Å². The van der Waals surface area contributed by atoms with E-state index in [4.69, 9.17) is 10.5 Å². The molecule has 3 N–H and O–H groups in total. The van der Waals surface area contributed by atoms with Crippen LogP contribution in [0.1, 0.15) is 23.6 Å². The molecule has 0 aliphatic rings. The molecular formula is C18H22N2O2. The van der Waals surface area contributed by atoms with Crippen LogP contribution in [-0.2, 0) is 11.2 Å². The molecule has 0 aliphatic heterocycles. The Balaban J connectivity index is 1.72. The number of hydrogen-bond donors (Lipinski definition) is 2. The summed E-state index contributed by atoms with van der Waals surface area (Å²) in [5, 5.41) is 2.89. The van der Waals surface area contributed by atoms with Crippen LogP contribution in [0, 0.1) is 0 Å². The molecule has 0 saturated carbocycles. The Morgan fingerprint density at radius 2 is 1.82 bits per heavy atom. The third kappa shape index (κ3) is 4.60. The molecule has 116 valence electrons. The van der Waals surface area contributed by atoms with E-state index in [-0.39, 0.29) is 5.91 Å². The molecule has 2 aromatic carbocycles. The minimum Gasteiger partial charge on any atom is -0.497 e. The Bertz CT molecular complexity index is 582. The average molecular weight is 298 g/mol. The first kappa shape index (κ1) is 16.0. The molecule has 1 amide bonds. The van der Waals surface area contributed by atoms with Crippen LogP contribution >= 0.6 is 0 Å². The molecule has 1 unspecified atom stereocenters. The summed E-state index contributed by atoms with van der Waals surface area (Å²) in [6.07, 6.45) is 1.78. The molecule has 2 aromatic rings. The lowest BCUT2D eigenvalue weighted by Gasteiger charge is -2.12. The maximum Gasteiger partial charge on any atom is 0.241 e. The number of amides is 1. The molecule has 22 heavy (non-hydrogen) atoms. The van der Waals surface area contributed by atoms with Crippen LogP contribution in [0.3, 0.4) is 0 Å². The lowest BCUT2D eigenvalue weighted by molar-refractivity contribution is -0.122. The minimum absolute atomic E-state index is 0.138. The van der Waals surface area contributed by atoms with E-state index >= 15 is 0 Å². The summed E-state index contributed by atoms with van der Waals surface area (Å²) in [6.45, 7) is 0.616. The first-order chi connectivity index (χ1) is 10.7. The maximum atomic E-state index is 12.0. The molecule has 0 fully saturated rings. The topological polar surface area (TPSA) is 64.3 Å². The molecule has 0 bridgehead atoms. The number of carbonyl (C=O) groups excluding carboxylic acids is 1. The van der Waals surface area contributed by atoms with Crippen LogP contribution in [0.25, 0.3) is 0 Å². The SMILES string of the molecule is COc1ccc(CCCNC(=O)C(N)c2ccccc2)cc1. The second kappa shape index (κ2) is 8.20. The highest BCUT2D eigenvalue weighted by Crippen LogP contribution is 2.12. The zero-order valence-corrected chi connectivity index (χ0v) is 12.8. The number of methoxy groups -OCH3 is 1. The van der Waals surface area contributed by atoms with Crippen LogP contribution in [0.2, 0.25) is 0 Å². The number of hydrogen-bond acceptors (Lipinski definition) is 3. The largest absolute Gasteiger partial charge is 0.497 e. The first-order valence-electron chi connectivity index (χ1n) is 7.42. The van der Waals surface area contributed by atoms with E-state index in [2.05, 4.69) is 5.32 Å². The summed E-state index contributed by atoms with van der Waals surface area (Å²) in [6, 6.07) is 16.7. The standard InChI is InChI=1S/C18H22N2O2/c1-22-16-11-9-14(10-12-16)6-5-13-20-18(21)17(19)15-7-3-2-4-8-15/h2-4,7-12,17H,5-6,13,19H2,1H3,(H,20,21). The fraction of sp³-hybridized carbons (Fsp3) is 0.278. The summed E-state index contributed by atoms with van der Waals surface area (Å²) < 4.78 is 5.12. The smallest absolute Gasteiger partial charge is 0.241 e. The number of ether oxygens (including phenoxy) is 1. The molecule has 0 spiro atoms. The lowest BCUT2D eigenvalue weighted by Crippen LogP contribution is -2.34. The Morgan fingerprint density at radius 3 is 2.45 bits per heavy atom. The number of nitrogens with one attached hydrogen (secondary N) is 1. The maximum absolute atomic E-state index is 12.0. The Morgan fingerprint density at radius 1 is 1.14 bits per heavy atom. The van der Waals surface area contributed by atoms with Crippen molar-refractivity contribution in [2.75, 3.05) is 13.7 Å². The van der Waals surface area contributed by atoms with Crippen molar-refractivity contribution >= 4 is 5.91 Å². The third-order valence-corrected chi connectivity index (χ3v) is 3.54. The van der Waals surface area contributed by atoms with E-state index < -0.39 is 6.04 Å². The number of nitrogens with two attached hydrogens (primary N) is 1. The van der Waals surface area contributed by atoms with E-state index in [0.29, 0.717) is 6.54 Å². The molecular weight excluding hydrogens is 276 g/mol. The van der Waals surface area contributed by atoms with Crippen molar-refractivity contribution in [2.45, 2.75) is 18.9 Å². The zero-order valence-electron chi connectivity index (χ0n) is 12.8. The minimum atomic E-state index is -0.609. The highest BCUT2D eigenvalue weighted by atomic mass is 16.5. The van der Waals surface area contributed by atoms with Gasteiger partial charge in [-0.15, -0.1) is 0 Å². The Kier molecular flexibility index (Phi) is 5.98. The van der Waals surface area contributed by atoms with Gasteiger partial charge in [-0.3, -0.25) is 4.79 Å². The van der Waals surface area contributed by atoms with Crippen molar-refractivity contribution < 1.29 is 9.53 Å². The zero-order chi connectivity index (χ0) is 15.8. The summed E-state index contributed by atoms with van der Waals surface area (Å²) >= 11 is 0. The van der Waals surface area contributed by atoms with Gasteiger partial charge in [0.25, 0.3) is 0 Å². The van der Waals surface area contributed by atoms with Crippen LogP contribution in [0.5, 0.6) is 5.75 Å². The highest BCUT2D eigenvalue weighted by molar-refractivity contribution is 5.82. The molecule has 0 heterocycles. The molecule has 2 rings (SSSR count). The van der Waals surface area contributed by atoms with Crippen LogP contribution in [-0.4, -0.2) is 19.6 Å². The normalized spacial score (nSPS) is 11.7. The van der Waals surface area contributed by atoms with Gasteiger partial charge in [0.05, 0.1) is 7.11 Å². The van der Waals surface area contributed by atoms with Gasteiger partial charge >= 0.3 is 0 Å². The van der Waals surface area contributed by atoms with Crippen molar-refractivity contribution in [3.8, 4) is 5.75 Å². The van der Waals surface area contributed by atoms with Gasteiger partial charge in [-0.25, -0.2) is 0 Å². The second-order valence-corrected chi connectivity index (χ2v) is 5.13. The van der Waals surface area contributed by atoms with E-state index in [1.165, 1.54) is 5.56 Å². The number of rotatable bonds is 7. The fourth-order valence-electron chi connectivity index (χ4n) is 2.22. The van der Waals surface area contributed by atoms with Gasteiger partial charge in [0.15, 0.2) is 0 Å². The fourth-order valence-corrected chi connectivity index (χ4v) is 2.22. The van der Waals surface area contributed by atoms with E-state index in [0.717, 1.165) is 24.2 Å². The summed E-state index contributed by atoms with van der Waals surface area (Å²) in [4.78, 5) is 12.0. The molecule has 0 aliphatic carbocycles. The summed E-state index contributed by atoms with van der Waals surface area (Å²) in [5.41, 5.74) is 7.99. The van der Waals surface area contributed by atoms with Crippen molar-refractivity contribution in [1.82, 2.24) is 5.32 Å². The monoisotopic (exact) mass is 298 g/mol. The van der Waals surface area contributed by atoms with Gasteiger partial charge in [0.1, 0.15) is 11.8 Å². The van der Waals surface area contributed by atoms with Crippen molar-refractivity contribution in [2.24, 2.45) is 5.73 Å². The van der Waals surface area contributed by atoms with Crippen molar-refractivity contribution in [3.05, 3.63) is 65.7 Å². The van der Waals surface area contributed by atoms with Crippen LogP contribution in [0.4, 0.5) is 0 Å². The van der Waals surface area contributed by atoms with Gasteiger partial charge < -0.3 is 15.8 Å². The van der Waals surface area contributed by atoms with Crippen LogP contribution < -0.4 is 15.8 Å². The molecule has 4 heteroatoms. The number of aryl methyl sites for hydroxylation is 1. The average Bonchev–Trinajstić information content (AvgIpc) is 2.59. The second-order valence-electron chi connectivity index (χ2n) is 5.13. The van der Waals surface area contributed by atoms with E-state index in [1.807, 2.05) is 54.6 Å². The summed E-state index contributed by atoms with van der Waals surface area (Å²) in [5.74, 6) is 0.715. The van der Waals surface area contributed by atoms with Gasteiger partial charge in [0.2, 0.25) is 5.91 Å². The quantitative estimate of drug-likeness (QED) is 0.772. The van der Waals surface area contributed by atoms with E-state index in [9.17, 15) is 4.79 Å². The highest BCUT2D eigenvalue weighted by Gasteiger charge is 2.14. The third-order valence-electron chi connectivity index (χ3n) is 3.54. The molecule has 4 nitrogen and oxygen atoms in total. The van der Waals surface area contributed by atoms with Gasteiger partial charge in [0, 0.05) is 6.54 Å². The lowest BCUT2D eigenvalue weighted by atomic mass is 10.1. The molecule has 0 saturated heterocycles. The van der Waals surface area contributed by atoms with Gasteiger partial charge in [-0.2, -0.15) is 0 Å².